The second-order valence-electron chi connectivity index (χ2n) is 4.67. The van der Waals surface area contributed by atoms with Crippen LogP contribution in [0.1, 0.15) is 26.7 Å². The minimum atomic E-state index is -0.476. The molecule has 1 saturated heterocycles. The second kappa shape index (κ2) is 9.69. The summed E-state index contributed by atoms with van der Waals surface area (Å²) in [4.78, 5) is 0. The second-order valence-corrected chi connectivity index (χ2v) is 4.67. The van der Waals surface area contributed by atoms with Gasteiger partial charge in [-0.3, -0.25) is 0 Å². The summed E-state index contributed by atoms with van der Waals surface area (Å²) >= 11 is 0. The number of aliphatic hydroxyl groups excluding tert-OH is 1. The van der Waals surface area contributed by atoms with E-state index in [1.807, 2.05) is 6.92 Å². The highest BCUT2D eigenvalue weighted by molar-refractivity contribution is 4.77. The van der Waals surface area contributed by atoms with Crippen LogP contribution in [0.25, 0.3) is 0 Å². The zero-order valence-corrected chi connectivity index (χ0v) is 11.6. The fourth-order valence-corrected chi connectivity index (χ4v) is 1.99. The van der Waals surface area contributed by atoms with Crippen LogP contribution >= 0.6 is 0 Å². The Morgan fingerprint density at radius 2 is 2.17 bits per heavy atom. The molecule has 5 nitrogen and oxygen atoms in total. The highest BCUT2D eigenvalue weighted by atomic mass is 16.5. The molecule has 0 amide bonds. The number of hydrogen-bond donors (Lipinski definition) is 2. The first-order valence-electron chi connectivity index (χ1n) is 6.92. The van der Waals surface area contributed by atoms with Gasteiger partial charge < -0.3 is 24.6 Å². The van der Waals surface area contributed by atoms with E-state index in [4.69, 9.17) is 14.2 Å². The molecule has 1 fully saturated rings. The Bertz CT molecular complexity index is 197. The molecule has 1 aliphatic heterocycles. The zero-order chi connectivity index (χ0) is 13.2. The smallest absolute Gasteiger partial charge is 0.0897 e. The van der Waals surface area contributed by atoms with Crippen LogP contribution in [0.15, 0.2) is 0 Å². The van der Waals surface area contributed by atoms with Crippen molar-refractivity contribution in [2.75, 3.05) is 39.6 Å². The lowest BCUT2D eigenvalue weighted by atomic mass is 10.1. The SMILES string of the molecule is CCOCCOCC(O)CNC(C)C1CCCO1. The summed E-state index contributed by atoms with van der Waals surface area (Å²) in [5, 5.41) is 13.0. The first kappa shape index (κ1) is 15.9. The molecule has 1 rings (SSSR count). The summed E-state index contributed by atoms with van der Waals surface area (Å²) in [6, 6.07) is 0.283. The normalized spacial score (nSPS) is 23.2. The molecule has 0 aromatic rings. The molecule has 108 valence electrons. The predicted octanol–water partition coefficient (Wildman–Crippen LogP) is 0.558. The molecule has 18 heavy (non-hydrogen) atoms. The lowest BCUT2D eigenvalue weighted by Gasteiger charge is -2.21. The van der Waals surface area contributed by atoms with Gasteiger partial charge in [-0.1, -0.05) is 0 Å². The maximum Gasteiger partial charge on any atom is 0.0897 e. The summed E-state index contributed by atoms with van der Waals surface area (Å²) in [6.45, 7) is 7.61. The minimum Gasteiger partial charge on any atom is -0.389 e. The maximum atomic E-state index is 9.73. The topological polar surface area (TPSA) is 60.0 Å². The van der Waals surface area contributed by atoms with Crippen molar-refractivity contribution < 1.29 is 19.3 Å². The van der Waals surface area contributed by atoms with E-state index in [1.54, 1.807) is 0 Å². The fraction of sp³-hybridized carbons (Fsp3) is 1.00. The van der Waals surface area contributed by atoms with Gasteiger partial charge in [-0.15, -0.1) is 0 Å². The largest absolute Gasteiger partial charge is 0.389 e. The van der Waals surface area contributed by atoms with E-state index in [2.05, 4.69) is 12.2 Å². The van der Waals surface area contributed by atoms with Crippen LogP contribution in [0, 0.1) is 0 Å². The van der Waals surface area contributed by atoms with Crippen molar-refractivity contribution in [3.05, 3.63) is 0 Å². The monoisotopic (exact) mass is 261 g/mol. The number of nitrogens with one attached hydrogen (secondary N) is 1. The molecule has 1 aliphatic rings. The quantitative estimate of drug-likeness (QED) is 0.563. The predicted molar refractivity (Wildman–Crippen MR) is 69.8 cm³/mol. The summed E-state index contributed by atoms with van der Waals surface area (Å²) in [5.41, 5.74) is 0. The first-order valence-corrected chi connectivity index (χ1v) is 6.92. The lowest BCUT2D eigenvalue weighted by molar-refractivity contribution is 0.00331. The van der Waals surface area contributed by atoms with Crippen molar-refractivity contribution in [1.82, 2.24) is 5.32 Å². The lowest BCUT2D eigenvalue weighted by Crippen LogP contribution is -2.42. The van der Waals surface area contributed by atoms with Crippen LogP contribution in [0.5, 0.6) is 0 Å². The van der Waals surface area contributed by atoms with Crippen molar-refractivity contribution in [2.24, 2.45) is 0 Å². The van der Waals surface area contributed by atoms with Crippen LogP contribution in [-0.2, 0) is 14.2 Å². The van der Waals surface area contributed by atoms with E-state index in [-0.39, 0.29) is 12.1 Å². The zero-order valence-electron chi connectivity index (χ0n) is 11.6. The average Bonchev–Trinajstić information content (AvgIpc) is 2.89. The van der Waals surface area contributed by atoms with Gasteiger partial charge in [0.2, 0.25) is 0 Å². The van der Waals surface area contributed by atoms with E-state index < -0.39 is 6.10 Å². The molecule has 3 atom stereocenters. The molecule has 0 aliphatic carbocycles. The van der Waals surface area contributed by atoms with Gasteiger partial charge in [0.1, 0.15) is 0 Å². The molecule has 0 aromatic carbocycles. The average molecular weight is 261 g/mol. The van der Waals surface area contributed by atoms with Crippen molar-refractivity contribution in [1.29, 1.82) is 0 Å². The molecular formula is C13H27NO4. The highest BCUT2D eigenvalue weighted by Gasteiger charge is 2.22. The Morgan fingerprint density at radius 3 is 2.83 bits per heavy atom. The van der Waals surface area contributed by atoms with Gasteiger partial charge in [0.15, 0.2) is 0 Å². The van der Waals surface area contributed by atoms with E-state index in [0.717, 1.165) is 19.4 Å². The minimum absolute atomic E-state index is 0.283. The van der Waals surface area contributed by atoms with E-state index >= 15 is 0 Å². The molecular weight excluding hydrogens is 234 g/mol. The van der Waals surface area contributed by atoms with Crippen molar-refractivity contribution in [2.45, 2.75) is 44.9 Å². The van der Waals surface area contributed by atoms with Crippen LogP contribution in [0.4, 0.5) is 0 Å². The fourth-order valence-electron chi connectivity index (χ4n) is 1.99. The van der Waals surface area contributed by atoms with E-state index in [1.165, 1.54) is 0 Å². The van der Waals surface area contributed by atoms with Gasteiger partial charge in [0.25, 0.3) is 0 Å². The van der Waals surface area contributed by atoms with Crippen LogP contribution < -0.4 is 5.32 Å². The molecule has 1 heterocycles. The third-order valence-electron chi connectivity index (χ3n) is 3.08. The molecule has 0 radical (unpaired) electrons. The van der Waals surface area contributed by atoms with Gasteiger partial charge in [0.05, 0.1) is 32.0 Å². The summed E-state index contributed by atoms with van der Waals surface area (Å²) < 4.78 is 16.0. The number of ether oxygens (including phenoxy) is 3. The summed E-state index contributed by atoms with van der Waals surface area (Å²) in [7, 11) is 0. The van der Waals surface area contributed by atoms with Crippen molar-refractivity contribution in [3.63, 3.8) is 0 Å². The first-order chi connectivity index (χ1) is 8.74. The van der Waals surface area contributed by atoms with Crippen LogP contribution in [0.3, 0.4) is 0 Å². The van der Waals surface area contributed by atoms with Crippen molar-refractivity contribution in [3.8, 4) is 0 Å². The Labute approximate surface area is 110 Å². The molecule has 0 bridgehead atoms. The Kier molecular flexibility index (Phi) is 8.54. The molecule has 0 aromatic heterocycles. The highest BCUT2D eigenvalue weighted by Crippen LogP contribution is 2.15. The van der Waals surface area contributed by atoms with E-state index in [9.17, 15) is 5.11 Å². The number of hydrogen-bond acceptors (Lipinski definition) is 5. The Morgan fingerprint density at radius 1 is 1.39 bits per heavy atom. The molecule has 0 saturated carbocycles. The van der Waals surface area contributed by atoms with Gasteiger partial charge in [0, 0.05) is 25.8 Å². The molecule has 5 heteroatoms. The number of rotatable bonds is 10. The molecule has 0 spiro atoms. The standard InChI is InChI=1S/C13H27NO4/c1-3-16-7-8-17-10-12(15)9-14-11(2)13-5-4-6-18-13/h11-15H,3-10H2,1-2H3. The molecule has 2 N–H and O–H groups in total. The van der Waals surface area contributed by atoms with Gasteiger partial charge in [-0.05, 0) is 26.7 Å². The molecule has 3 unspecified atom stereocenters. The van der Waals surface area contributed by atoms with Gasteiger partial charge in [-0.25, -0.2) is 0 Å². The van der Waals surface area contributed by atoms with Crippen LogP contribution in [-0.4, -0.2) is 62.9 Å². The summed E-state index contributed by atoms with van der Waals surface area (Å²) in [6.07, 6.45) is 2.06. The van der Waals surface area contributed by atoms with Gasteiger partial charge in [-0.2, -0.15) is 0 Å². The Hall–Kier alpha value is -0.200. The number of aliphatic hydroxyl groups is 1. The third-order valence-corrected chi connectivity index (χ3v) is 3.08. The van der Waals surface area contributed by atoms with Crippen molar-refractivity contribution >= 4 is 0 Å². The third kappa shape index (κ3) is 6.66. The van der Waals surface area contributed by atoms with Gasteiger partial charge >= 0.3 is 0 Å². The van der Waals surface area contributed by atoms with E-state index in [0.29, 0.717) is 33.0 Å². The Balaban J connectivity index is 1.96. The van der Waals surface area contributed by atoms with Crippen LogP contribution in [0.2, 0.25) is 0 Å². The summed E-state index contributed by atoms with van der Waals surface area (Å²) in [5.74, 6) is 0. The maximum absolute atomic E-state index is 9.73.